The molecule has 3 rings (SSSR count). The molecule has 0 saturated carbocycles. The van der Waals surface area contributed by atoms with Gasteiger partial charge in [0.25, 0.3) is 0 Å². The molecule has 0 N–H and O–H groups in total. The van der Waals surface area contributed by atoms with Crippen molar-refractivity contribution in [2.75, 3.05) is 36.8 Å². The van der Waals surface area contributed by atoms with Gasteiger partial charge in [-0.1, -0.05) is 48.9 Å². The van der Waals surface area contributed by atoms with Crippen LogP contribution in [0.4, 0.5) is 5.13 Å². The molecular weight excluding hydrogens is 478 g/mol. The summed E-state index contributed by atoms with van der Waals surface area (Å²) in [6.07, 6.45) is -0.114. The third-order valence-corrected chi connectivity index (χ3v) is 8.95. The van der Waals surface area contributed by atoms with Crippen LogP contribution in [0.5, 0.6) is 0 Å². The van der Waals surface area contributed by atoms with Crippen molar-refractivity contribution in [3.8, 4) is 0 Å². The highest BCUT2D eigenvalue weighted by Gasteiger charge is 2.24. The fraction of sp³-hybridized carbons (Fsp3) is 0.417. The lowest BCUT2D eigenvalue weighted by molar-refractivity contribution is -0.118. The van der Waals surface area contributed by atoms with Crippen LogP contribution in [-0.4, -0.2) is 56.1 Å². The van der Waals surface area contributed by atoms with E-state index in [0.29, 0.717) is 23.2 Å². The summed E-state index contributed by atoms with van der Waals surface area (Å²) in [7, 11) is -3.60. The Morgan fingerprint density at radius 3 is 2.24 bits per heavy atom. The van der Waals surface area contributed by atoms with Gasteiger partial charge < -0.3 is 4.90 Å². The van der Waals surface area contributed by atoms with Crippen LogP contribution < -0.4 is 4.90 Å². The first-order valence-electron chi connectivity index (χ1n) is 11.0. The normalized spacial score (nSPS) is 11.9. The number of amides is 1. The van der Waals surface area contributed by atoms with Crippen LogP contribution in [-0.2, 0) is 14.6 Å². The topological polar surface area (TPSA) is 70.6 Å². The maximum absolute atomic E-state index is 13.3. The Hall–Kier alpha value is -2.00. The minimum absolute atomic E-state index is 0.114. The molecule has 33 heavy (non-hydrogen) atoms. The number of aromatic nitrogens is 1. The maximum atomic E-state index is 13.3. The second kappa shape index (κ2) is 11.0. The van der Waals surface area contributed by atoms with E-state index in [4.69, 9.17) is 16.6 Å². The van der Waals surface area contributed by atoms with Crippen molar-refractivity contribution in [3.05, 3.63) is 52.5 Å². The Morgan fingerprint density at radius 2 is 1.64 bits per heavy atom. The minimum Gasteiger partial charge on any atom is -0.302 e. The van der Waals surface area contributed by atoms with E-state index in [-0.39, 0.29) is 23.0 Å². The van der Waals surface area contributed by atoms with Gasteiger partial charge in [0.1, 0.15) is 0 Å². The van der Waals surface area contributed by atoms with Crippen molar-refractivity contribution in [2.24, 2.45) is 0 Å². The molecule has 0 bridgehead atoms. The monoisotopic (exact) mass is 507 g/mol. The second-order valence-electron chi connectivity index (χ2n) is 7.97. The fourth-order valence-electron chi connectivity index (χ4n) is 3.59. The first kappa shape index (κ1) is 25.6. The van der Waals surface area contributed by atoms with Gasteiger partial charge >= 0.3 is 0 Å². The lowest BCUT2D eigenvalue weighted by atomic mass is 10.1. The number of rotatable bonds is 10. The van der Waals surface area contributed by atoms with Gasteiger partial charge in [-0.3, -0.25) is 9.69 Å². The summed E-state index contributed by atoms with van der Waals surface area (Å²) in [6, 6.07) is 10.1. The van der Waals surface area contributed by atoms with Crippen molar-refractivity contribution < 1.29 is 13.2 Å². The molecule has 0 aliphatic heterocycles. The van der Waals surface area contributed by atoms with E-state index in [1.165, 1.54) is 23.5 Å². The third kappa shape index (κ3) is 6.12. The van der Waals surface area contributed by atoms with Crippen LogP contribution >= 0.6 is 22.9 Å². The minimum atomic E-state index is -3.60. The number of aryl methyl sites for hydroxylation is 2. The molecular formula is C24H30ClN3O3S2. The molecule has 0 spiro atoms. The van der Waals surface area contributed by atoms with E-state index in [9.17, 15) is 13.2 Å². The quantitative estimate of drug-likeness (QED) is 0.381. The van der Waals surface area contributed by atoms with Gasteiger partial charge in [-0.05, 0) is 62.3 Å². The predicted octanol–water partition coefficient (Wildman–Crippen LogP) is 5.11. The standard InChI is InChI=1S/C24H30ClN3O3S2/c1-5-27(6-2)14-15-28(24-26-22-17(3)7-8-18(4)23(22)32-24)21(29)13-16-33(30,31)20-11-9-19(25)10-12-20/h7-12H,5-6,13-16H2,1-4H3. The molecule has 0 fully saturated rings. The molecule has 0 atom stereocenters. The summed E-state index contributed by atoms with van der Waals surface area (Å²) in [6.45, 7) is 11.1. The van der Waals surface area contributed by atoms with Gasteiger partial charge in [-0.2, -0.15) is 0 Å². The lowest BCUT2D eigenvalue weighted by Gasteiger charge is -2.24. The Balaban J connectivity index is 1.86. The molecule has 0 aliphatic rings. The van der Waals surface area contributed by atoms with E-state index in [0.717, 1.165) is 34.4 Å². The van der Waals surface area contributed by atoms with Crippen LogP contribution in [0, 0.1) is 13.8 Å². The molecule has 0 saturated heterocycles. The molecule has 9 heteroatoms. The zero-order valence-electron chi connectivity index (χ0n) is 19.5. The smallest absolute Gasteiger partial charge is 0.229 e. The zero-order valence-corrected chi connectivity index (χ0v) is 21.9. The average molecular weight is 508 g/mol. The van der Waals surface area contributed by atoms with Crippen LogP contribution in [0.2, 0.25) is 5.02 Å². The average Bonchev–Trinajstić information content (AvgIpc) is 3.24. The molecule has 1 aromatic heterocycles. The summed E-state index contributed by atoms with van der Waals surface area (Å²) in [5.41, 5.74) is 3.06. The highest BCUT2D eigenvalue weighted by atomic mass is 35.5. The number of carbonyl (C=O) groups is 1. The van der Waals surface area contributed by atoms with E-state index >= 15 is 0 Å². The zero-order chi connectivity index (χ0) is 24.2. The molecule has 0 radical (unpaired) electrons. The number of sulfone groups is 1. The number of likely N-dealkylation sites (N-methyl/N-ethyl adjacent to an activating group) is 1. The summed E-state index contributed by atoms with van der Waals surface area (Å²) in [5, 5.41) is 1.08. The van der Waals surface area contributed by atoms with E-state index in [1.54, 1.807) is 17.0 Å². The van der Waals surface area contributed by atoms with Crippen molar-refractivity contribution >= 4 is 54.0 Å². The maximum Gasteiger partial charge on any atom is 0.229 e. The first-order chi connectivity index (χ1) is 15.7. The Bertz CT molecular complexity index is 1180. The number of fused-ring (bicyclic) bond motifs is 1. The third-order valence-electron chi connectivity index (χ3n) is 5.75. The number of halogens is 1. The van der Waals surface area contributed by atoms with Crippen LogP contribution in [0.1, 0.15) is 31.4 Å². The van der Waals surface area contributed by atoms with Crippen molar-refractivity contribution in [3.63, 3.8) is 0 Å². The fourth-order valence-corrected chi connectivity index (χ4v) is 6.10. The van der Waals surface area contributed by atoms with E-state index < -0.39 is 9.84 Å². The second-order valence-corrected chi connectivity index (χ2v) is 11.5. The molecule has 6 nitrogen and oxygen atoms in total. The summed E-state index contributed by atoms with van der Waals surface area (Å²) in [5.74, 6) is -0.507. The molecule has 0 aliphatic carbocycles. The molecule has 178 valence electrons. The van der Waals surface area contributed by atoms with Gasteiger partial charge in [0, 0.05) is 24.5 Å². The van der Waals surface area contributed by atoms with Crippen LogP contribution in [0.25, 0.3) is 10.2 Å². The number of benzene rings is 2. The van der Waals surface area contributed by atoms with Gasteiger partial charge in [-0.25, -0.2) is 13.4 Å². The largest absolute Gasteiger partial charge is 0.302 e. The molecule has 1 amide bonds. The Labute approximate surface area is 205 Å². The number of anilines is 1. The van der Waals surface area contributed by atoms with Gasteiger partial charge in [0.15, 0.2) is 15.0 Å². The molecule has 0 unspecified atom stereocenters. The van der Waals surface area contributed by atoms with Crippen molar-refractivity contribution in [2.45, 2.75) is 39.0 Å². The highest BCUT2D eigenvalue weighted by molar-refractivity contribution is 7.91. The molecule has 2 aromatic carbocycles. The predicted molar refractivity (Wildman–Crippen MR) is 137 cm³/mol. The van der Waals surface area contributed by atoms with Gasteiger partial charge in [0.05, 0.1) is 20.9 Å². The molecule has 1 heterocycles. The number of hydrogen-bond donors (Lipinski definition) is 0. The van der Waals surface area contributed by atoms with Crippen LogP contribution in [0.15, 0.2) is 41.3 Å². The SMILES string of the molecule is CCN(CC)CCN(C(=O)CCS(=O)(=O)c1ccc(Cl)cc1)c1nc2c(C)ccc(C)c2s1. The number of nitrogens with zero attached hydrogens (tertiary/aromatic N) is 3. The first-order valence-corrected chi connectivity index (χ1v) is 13.9. The lowest BCUT2D eigenvalue weighted by Crippen LogP contribution is -2.39. The number of thiazole rings is 1. The van der Waals surface area contributed by atoms with Crippen molar-refractivity contribution in [1.82, 2.24) is 9.88 Å². The highest BCUT2D eigenvalue weighted by Crippen LogP contribution is 2.33. The molecule has 3 aromatic rings. The van der Waals surface area contributed by atoms with Crippen LogP contribution in [0.3, 0.4) is 0 Å². The Kier molecular flexibility index (Phi) is 8.50. The van der Waals surface area contributed by atoms with Crippen molar-refractivity contribution in [1.29, 1.82) is 0 Å². The van der Waals surface area contributed by atoms with E-state index in [2.05, 4.69) is 24.8 Å². The summed E-state index contributed by atoms with van der Waals surface area (Å²) < 4.78 is 26.6. The van der Waals surface area contributed by atoms with E-state index in [1.807, 2.05) is 19.9 Å². The van der Waals surface area contributed by atoms with Gasteiger partial charge in [0.2, 0.25) is 5.91 Å². The van der Waals surface area contributed by atoms with Gasteiger partial charge in [-0.15, -0.1) is 0 Å². The number of hydrogen-bond acceptors (Lipinski definition) is 6. The summed E-state index contributed by atoms with van der Waals surface area (Å²) in [4.78, 5) is 22.1. The summed E-state index contributed by atoms with van der Waals surface area (Å²) >= 11 is 7.36. The Morgan fingerprint density at radius 1 is 1.00 bits per heavy atom. The number of carbonyl (C=O) groups excluding carboxylic acids is 1.